The number of hydrogen-bond donors (Lipinski definition) is 2. The van der Waals surface area contributed by atoms with Gasteiger partial charge in [0.2, 0.25) is 5.91 Å². The molecule has 0 saturated carbocycles. The monoisotopic (exact) mass is 378 g/mol. The van der Waals surface area contributed by atoms with Gasteiger partial charge in [0.05, 0.1) is 11.6 Å². The number of anilines is 1. The van der Waals surface area contributed by atoms with Gasteiger partial charge in [-0.05, 0) is 44.7 Å². The zero-order chi connectivity index (χ0) is 13.8. The normalized spacial score (nSPS) is 11.4. The fourth-order valence-electron chi connectivity index (χ4n) is 1.62. The maximum Gasteiger partial charge on any atom is 0.233 e. The Morgan fingerprint density at radius 2 is 2.06 bits per heavy atom. The quantitative estimate of drug-likeness (QED) is 0.823. The molecule has 0 spiro atoms. The maximum absolute atomic E-state index is 12.3. The number of amides is 1. The Morgan fingerprint density at radius 3 is 2.50 bits per heavy atom. The first kappa shape index (κ1) is 15.5. The molecule has 0 aliphatic carbocycles. The molecule has 0 bridgehead atoms. The van der Waals surface area contributed by atoms with Gasteiger partial charge >= 0.3 is 0 Å². The van der Waals surface area contributed by atoms with Crippen LogP contribution in [0.4, 0.5) is 5.82 Å². The summed E-state index contributed by atoms with van der Waals surface area (Å²) in [6.45, 7) is 4.23. The molecule has 0 unspecified atom stereocenters. The van der Waals surface area contributed by atoms with Crippen LogP contribution in [0, 0.1) is 5.41 Å². The minimum Gasteiger partial charge on any atom is -0.329 e. The summed E-state index contributed by atoms with van der Waals surface area (Å²) < 4.78 is 1.09. The van der Waals surface area contributed by atoms with Gasteiger partial charge in [-0.2, -0.15) is 0 Å². The van der Waals surface area contributed by atoms with Crippen molar-refractivity contribution in [2.24, 2.45) is 11.1 Å². The molecule has 1 amide bonds. The van der Waals surface area contributed by atoms with E-state index in [-0.39, 0.29) is 5.91 Å². The van der Waals surface area contributed by atoms with Crippen LogP contribution in [0.2, 0.25) is 0 Å². The molecule has 0 fully saturated rings. The zero-order valence-electron chi connectivity index (χ0n) is 10.3. The van der Waals surface area contributed by atoms with Crippen LogP contribution in [0.1, 0.15) is 26.7 Å². The fourth-order valence-corrected chi connectivity index (χ4v) is 2.53. The van der Waals surface area contributed by atoms with Crippen molar-refractivity contribution in [3.05, 3.63) is 15.4 Å². The summed E-state index contributed by atoms with van der Waals surface area (Å²) in [5.41, 5.74) is 5.18. The van der Waals surface area contributed by atoms with E-state index in [4.69, 9.17) is 5.73 Å². The van der Waals surface area contributed by atoms with Gasteiger partial charge in [-0.3, -0.25) is 4.79 Å². The highest BCUT2D eigenvalue weighted by atomic mass is 79.9. The number of hydrogen-bond acceptors (Lipinski definition) is 4. The Hall–Kier alpha value is -0.530. The number of carbonyl (C=O) groups is 1. The first-order chi connectivity index (χ1) is 8.49. The lowest BCUT2D eigenvalue weighted by Crippen LogP contribution is -2.41. The summed E-state index contributed by atoms with van der Waals surface area (Å²) >= 11 is 6.47. The van der Waals surface area contributed by atoms with Crippen molar-refractivity contribution in [2.45, 2.75) is 26.7 Å². The largest absolute Gasteiger partial charge is 0.329 e. The molecule has 3 N–H and O–H groups in total. The van der Waals surface area contributed by atoms with Gasteiger partial charge in [-0.25, -0.2) is 9.97 Å². The topological polar surface area (TPSA) is 80.9 Å². The third-order valence-electron chi connectivity index (χ3n) is 3.16. The predicted octanol–water partition coefficient (Wildman–Crippen LogP) is 2.71. The lowest BCUT2D eigenvalue weighted by molar-refractivity contribution is -0.125. The first-order valence-electron chi connectivity index (χ1n) is 5.68. The van der Waals surface area contributed by atoms with Gasteiger partial charge in [0.1, 0.15) is 9.21 Å². The minimum absolute atomic E-state index is 0.118. The van der Waals surface area contributed by atoms with Crippen molar-refractivity contribution in [3.63, 3.8) is 0 Å². The average Bonchev–Trinajstić information content (AvgIpc) is 2.36. The maximum atomic E-state index is 12.3. The first-order valence-corrected chi connectivity index (χ1v) is 7.27. The summed E-state index contributed by atoms with van der Waals surface area (Å²) in [5.74, 6) is 0.287. The third kappa shape index (κ3) is 3.27. The fraction of sp³-hybridized carbons (Fsp3) is 0.545. The van der Waals surface area contributed by atoms with Gasteiger partial charge in [-0.15, -0.1) is 0 Å². The van der Waals surface area contributed by atoms with Gasteiger partial charge in [-0.1, -0.05) is 13.8 Å². The van der Waals surface area contributed by atoms with E-state index >= 15 is 0 Å². The number of nitrogens with two attached hydrogens (primary N) is 1. The summed E-state index contributed by atoms with van der Waals surface area (Å²) in [6.07, 6.45) is 2.91. The van der Waals surface area contributed by atoms with Crippen LogP contribution >= 0.6 is 31.9 Å². The number of aromatic nitrogens is 2. The van der Waals surface area contributed by atoms with Crippen LogP contribution in [-0.2, 0) is 4.79 Å². The number of carbonyl (C=O) groups excluding carboxylic acids is 1. The molecule has 0 radical (unpaired) electrons. The molecule has 0 aromatic carbocycles. The molecular weight excluding hydrogens is 364 g/mol. The standard InChI is InChI=1S/C11H16Br2N4O/c1-3-11(4-2,6-14)10(18)17-9-8(13)16-7(12)5-15-9/h5H,3-4,6,14H2,1-2H3,(H,15,17,18). The molecule has 100 valence electrons. The highest BCUT2D eigenvalue weighted by molar-refractivity contribution is 9.11. The Bertz CT molecular complexity index is 427. The SMILES string of the molecule is CCC(CC)(CN)C(=O)Nc1ncc(Br)nc1Br. The van der Waals surface area contributed by atoms with Gasteiger partial charge < -0.3 is 11.1 Å². The van der Waals surface area contributed by atoms with E-state index in [1.807, 2.05) is 13.8 Å². The molecule has 0 atom stereocenters. The van der Waals surface area contributed by atoms with E-state index in [1.54, 1.807) is 0 Å². The average molecular weight is 380 g/mol. The summed E-state index contributed by atoms with van der Waals surface area (Å²) in [7, 11) is 0. The van der Waals surface area contributed by atoms with Crippen molar-refractivity contribution in [3.8, 4) is 0 Å². The molecule has 7 heteroatoms. The van der Waals surface area contributed by atoms with Crippen molar-refractivity contribution in [2.75, 3.05) is 11.9 Å². The lowest BCUT2D eigenvalue weighted by atomic mass is 9.81. The molecular formula is C11H16Br2N4O. The second-order valence-electron chi connectivity index (χ2n) is 3.98. The number of rotatable bonds is 5. The highest BCUT2D eigenvalue weighted by Gasteiger charge is 2.33. The number of halogens is 2. The summed E-state index contributed by atoms with van der Waals surface area (Å²) in [6, 6.07) is 0. The molecule has 0 saturated heterocycles. The molecule has 1 rings (SSSR count). The Morgan fingerprint density at radius 1 is 1.44 bits per heavy atom. The van der Waals surface area contributed by atoms with E-state index in [1.165, 1.54) is 6.20 Å². The molecule has 0 aliphatic rings. The molecule has 5 nitrogen and oxygen atoms in total. The molecule has 1 aromatic heterocycles. The zero-order valence-corrected chi connectivity index (χ0v) is 13.5. The van der Waals surface area contributed by atoms with E-state index in [9.17, 15) is 4.79 Å². The highest BCUT2D eigenvalue weighted by Crippen LogP contribution is 2.28. The van der Waals surface area contributed by atoms with E-state index in [2.05, 4.69) is 47.1 Å². The second kappa shape index (κ2) is 6.58. The van der Waals surface area contributed by atoms with Crippen molar-refractivity contribution in [1.29, 1.82) is 0 Å². The van der Waals surface area contributed by atoms with E-state index in [0.29, 0.717) is 34.4 Å². The number of nitrogens with zero attached hydrogens (tertiary/aromatic N) is 2. The van der Waals surface area contributed by atoms with Crippen LogP contribution in [0.15, 0.2) is 15.4 Å². The van der Waals surface area contributed by atoms with Crippen LogP contribution < -0.4 is 11.1 Å². The van der Waals surface area contributed by atoms with Crippen LogP contribution in [0.3, 0.4) is 0 Å². The Kier molecular flexibility index (Phi) is 5.68. The summed E-state index contributed by atoms with van der Waals surface area (Å²) in [5, 5.41) is 2.77. The molecule has 1 heterocycles. The van der Waals surface area contributed by atoms with E-state index < -0.39 is 5.41 Å². The Balaban J connectivity index is 2.93. The smallest absolute Gasteiger partial charge is 0.233 e. The summed E-state index contributed by atoms with van der Waals surface area (Å²) in [4.78, 5) is 20.5. The van der Waals surface area contributed by atoms with E-state index in [0.717, 1.165) is 0 Å². The molecule has 1 aromatic rings. The van der Waals surface area contributed by atoms with Gasteiger partial charge in [0.15, 0.2) is 5.82 Å². The predicted molar refractivity (Wildman–Crippen MR) is 78.1 cm³/mol. The molecule has 18 heavy (non-hydrogen) atoms. The van der Waals surface area contributed by atoms with Crippen molar-refractivity contribution < 1.29 is 4.79 Å². The van der Waals surface area contributed by atoms with Crippen molar-refractivity contribution in [1.82, 2.24) is 9.97 Å². The second-order valence-corrected chi connectivity index (χ2v) is 5.54. The Labute approximate surface area is 123 Å². The van der Waals surface area contributed by atoms with Gasteiger partial charge in [0, 0.05) is 6.54 Å². The lowest BCUT2D eigenvalue weighted by Gasteiger charge is -2.28. The minimum atomic E-state index is -0.547. The molecule has 0 aliphatic heterocycles. The van der Waals surface area contributed by atoms with Crippen LogP contribution in [0.5, 0.6) is 0 Å². The third-order valence-corrected chi connectivity index (χ3v) is 4.09. The number of nitrogens with one attached hydrogen (secondary N) is 1. The van der Waals surface area contributed by atoms with Crippen LogP contribution in [0.25, 0.3) is 0 Å². The van der Waals surface area contributed by atoms with Crippen molar-refractivity contribution >= 4 is 43.6 Å². The van der Waals surface area contributed by atoms with Crippen LogP contribution in [-0.4, -0.2) is 22.4 Å². The van der Waals surface area contributed by atoms with Gasteiger partial charge in [0.25, 0.3) is 0 Å².